The number of aromatic nitrogens is 1. The molecule has 0 unspecified atom stereocenters. The third-order valence-corrected chi connectivity index (χ3v) is 6.23. The molecule has 1 heterocycles. The fraction of sp³-hybridized carbons (Fsp3) is 0.440. The van der Waals surface area contributed by atoms with E-state index in [1.54, 1.807) is 23.1 Å². The summed E-state index contributed by atoms with van der Waals surface area (Å²) in [7, 11) is 4.03. The number of fused-ring (bicyclic) bond motifs is 1. The largest absolute Gasteiger partial charge is 0.490 e. The van der Waals surface area contributed by atoms with Gasteiger partial charge in [0.05, 0.1) is 30.0 Å². The molecule has 0 bridgehead atoms. The summed E-state index contributed by atoms with van der Waals surface area (Å²) < 4.78 is 18.4. The van der Waals surface area contributed by atoms with Gasteiger partial charge in [0.2, 0.25) is 5.75 Å². The van der Waals surface area contributed by atoms with Gasteiger partial charge in [0.25, 0.3) is 5.91 Å². The summed E-state index contributed by atoms with van der Waals surface area (Å²) in [5.74, 6) is 1.32. The van der Waals surface area contributed by atoms with E-state index in [-0.39, 0.29) is 5.91 Å². The molecular weight excluding hydrogens is 474 g/mol. The van der Waals surface area contributed by atoms with Crippen LogP contribution in [0.4, 0.5) is 5.13 Å². The van der Waals surface area contributed by atoms with Crippen LogP contribution < -0.4 is 19.1 Å². The van der Waals surface area contributed by atoms with Crippen LogP contribution in [0, 0.1) is 0 Å². The Morgan fingerprint density at radius 2 is 1.62 bits per heavy atom. The van der Waals surface area contributed by atoms with Crippen LogP contribution >= 0.6 is 22.9 Å². The molecule has 1 aromatic heterocycles. The molecule has 0 aliphatic rings. The third-order valence-electron chi connectivity index (χ3n) is 4.96. The number of amides is 1. The van der Waals surface area contributed by atoms with Crippen molar-refractivity contribution in [1.29, 1.82) is 0 Å². The van der Waals surface area contributed by atoms with Gasteiger partial charge in [-0.05, 0) is 78.2 Å². The second kappa shape index (κ2) is 12.2. The Morgan fingerprint density at radius 1 is 0.971 bits per heavy atom. The number of thiazole rings is 1. The van der Waals surface area contributed by atoms with Gasteiger partial charge in [-0.2, -0.15) is 0 Å². The lowest BCUT2D eigenvalue weighted by atomic mass is 10.1. The maximum atomic E-state index is 13.8. The van der Waals surface area contributed by atoms with Gasteiger partial charge in [0, 0.05) is 17.1 Å². The molecule has 0 aliphatic heterocycles. The molecule has 3 rings (SSSR count). The van der Waals surface area contributed by atoms with Gasteiger partial charge in [-0.1, -0.05) is 22.9 Å². The first kappa shape index (κ1) is 26.1. The Hall–Kier alpha value is -2.55. The van der Waals surface area contributed by atoms with Crippen molar-refractivity contribution in [1.82, 2.24) is 9.88 Å². The van der Waals surface area contributed by atoms with Crippen LogP contribution in [0.1, 0.15) is 37.6 Å². The molecule has 0 saturated carbocycles. The highest BCUT2D eigenvalue weighted by Crippen LogP contribution is 2.40. The number of anilines is 1. The molecule has 2 aromatic carbocycles. The number of rotatable bonds is 12. The zero-order valence-corrected chi connectivity index (χ0v) is 22.0. The molecule has 1 amide bonds. The molecule has 0 spiro atoms. The van der Waals surface area contributed by atoms with Crippen LogP contribution in [-0.4, -0.2) is 62.8 Å². The zero-order valence-electron chi connectivity index (χ0n) is 20.4. The van der Waals surface area contributed by atoms with E-state index in [0.717, 1.165) is 23.2 Å². The summed E-state index contributed by atoms with van der Waals surface area (Å²) in [4.78, 5) is 22.4. The maximum absolute atomic E-state index is 13.8. The van der Waals surface area contributed by atoms with Crippen molar-refractivity contribution in [2.75, 3.05) is 51.9 Å². The van der Waals surface area contributed by atoms with Gasteiger partial charge in [-0.15, -0.1) is 0 Å². The van der Waals surface area contributed by atoms with Crippen molar-refractivity contribution in [2.45, 2.75) is 27.2 Å². The molecule has 0 radical (unpaired) electrons. The van der Waals surface area contributed by atoms with Gasteiger partial charge in [0.1, 0.15) is 0 Å². The van der Waals surface area contributed by atoms with Crippen LogP contribution in [0.2, 0.25) is 5.02 Å². The molecular formula is C25H32ClN3O4S. The second-order valence-electron chi connectivity index (χ2n) is 7.82. The fourth-order valence-electron chi connectivity index (χ4n) is 3.50. The summed E-state index contributed by atoms with van der Waals surface area (Å²) in [6, 6.07) is 9.00. The molecule has 3 aromatic rings. The smallest absolute Gasteiger partial charge is 0.260 e. The Kier molecular flexibility index (Phi) is 9.38. The first-order valence-corrected chi connectivity index (χ1v) is 12.7. The minimum Gasteiger partial charge on any atom is -0.490 e. The van der Waals surface area contributed by atoms with Crippen LogP contribution in [0.25, 0.3) is 10.2 Å². The van der Waals surface area contributed by atoms with Gasteiger partial charge in [-0.3, -0.25) is 9.69 Å². The molecule has 0 atom stereocenters. The number of halogens is 1. The average Bonchev–Trinajstić information content (AvgIpc) is 3.21. The van der Waals surface area contributed by atoms with Gasteiger partial charge >= 0.3 is 0 Å². The molecule has 7 nitrogen and oxygen atoms in total. The monoisotopic (exact) mass is 505 g/mol. The van der Waals surface area contributed by atoms with Gasteiger partial charge in [-0.25, -0.2) is 4.98 Å². The van der Waals surface area contributed by atoms with E-state index in [2.05, 4.69) is 4.90 Å². The van der Waals surface area contributed by atoms with E-state index in [1.165, 1.54) is 11.3 Å². The molecule has 0 fully saturated rings. The molecule has 34 heavy (non-hydrogen) atoms. The van der Waals surface area contributed by atoms with Crippen molar-refractivity contribution in [3.8, 4) is 17.2 Å². The molecule has 184 valence electrons. The fourth-order valence-corrected chi connectivity index (χ4v) is 4.76. The van der Waals surface area contributed by atoms with E-state index < -0.39 is 0 Å². The van der Waals surface area contributed by atoms with E-state index in [1.807, 2.05) is 47.0 Å². The van der Waals surface area contributed by atoms with Crippen molar-refractivity contribution < 1.29 is 19.0 Å². The number of carbonyl (C=O) groups excluding carboxylic acids is 1. The Balaban J connectivity index is 2.04. The second-order valence-corrected chi connectivity index (χ2v) is 9.27. The highest BCUT2D eigenvalue weighted by molar-refractivity contribution is 7.22. The summed E-state index contributed by atoms with van der Waals surface area (Å²) >= 11 is 7.62. The van der Waals surface area contributed by atoms with E-state index in [9.17, 15) is 4.79 Å². The number of ether oxygens (including phenoxy) is 3. The van der Waals surface area contributed by atoms with Crippen LogP contribution in [0.15, 0.2) is 30.3 Å². The van der Waals surface area contributed by atoms with Crippen LogP contribution in [0.3, 0.4) is 0 Å². The predicted octanol–water partition coefficient (Wildman–Crippen LogP) is 5.74. The maximum Gasteiger partial charge on any atom is 0.260 e. The number of hydrogen-bond donors (Lipinski definition) is 0. The number of hydrogen-bond acceptors (Lipinski definition) is 7. The van der Waals surface area contributed by atoms with Crippen molar-refractivity contribution in [3.05, 3.63) is 40.9 Å². The quantitative estimate of drug-likeness (QED) is 0.312. The van der Waals surface area contributed by atoms with E-state index >= 15 is 0 Å². The predicted molar refractivity (Wildman–Crippen MR) is 139 cm³/mol. The normalized spacial score (nSPS) is 11.1. The summed E-state index contributed by atoms with van der Waals surface area (Å²) in [5.41, 5.74) is 1.27. The third kappa shape index (κ3) is 6.31. The van der Waals surface area contributed by atoms with Crippen molar-refractivity contribution in [2.24, 2.45) is 0 Å². The number of benzene rings is 2. The lowest BCUT2D eigenvalue weighted by Gasteiger charge is -2.22. The first-order valence-electron chi connectivity index (χ1n) is 11.5. The lowest BCUT2D eigenvalue weighted by molar-refractivity contribution is 0.0985. The van der Waals surface area contributed by atoms with Crippen LogP contribution in [-0.2, 0) is 0 Å². The Labute approximate surface area is 210 Å². The zero-order chi connectivity index (χ0) is 24.7. The lowest BCUT2D eigenvalue weighted by Crippen LogP contribution is -2.33. The molecule has 0 aliphatic carbocycles. The summed E-state index contributed by atoms with van der Waals surface area (Å²) in [6.07, 6.45) is 0.795. The highest BCUT2D eigenvalue weighted by Gasteiger charge is 2.25. The average molecular weight is 506 g/mol. The number of nitrogens with zero attached hydrogens (tertiary/aromatic N) is 3. The summed E-state index contributed by atoms with van der Waals surface area (Å²) in [6.45, 7) is 8.39. The number of carbonyl (C=O) groups is 1. The van der Waals surface area contributed by atoms with Crippen molar-refractivity contribution in [3.63, 3.8) is 0 Å². The van der Waals surface area contributed by atoms with Gasteiger partial charge in [0.15, 0.2) is 16.6 Å². The molecule has 0 saturated heterocycles. The first-order chi connectivity index (χ1) is 16.4. The molecule has 9 heteroatoms. The highest BCUT2D eigenvalue weighted by atomic mass is 35.5. The van der Waals surface area contributed by atoms with E-state index in [4.69, 9.17) is 30.8 Å². The Morgan fingerprint density at radius 3 is 2.21 bits per heavy atom. The Bertz CT molecular complexity index is 1090. The standard InChI is InChI=1S/C25H32ClN3O4S/c1-6-31-20-14-17(15-21(32-7-2)23(20)33-8-3)24(30)29(13-9-12-28(4)5)25-27-19-11-10-18(26)16-22(19)34-25/h10-11,14-16H,6-9,12-13H2,1-5H3. The molecule has 0 N–H and O–H groups in total. The SMILES string of the molecule is CCOc1cc(C(=O)N(CCCN(C)C)c2nc3ccc(Cl)cc3s2)cc(OCC)c1OCC. The van der Waals surface area contributed by atoms with Crippen molar-refractivity contribution >= 4 is 44.2 Å². The summed E-state index contributed by atoms with van der Waals surface area (Å²) in [5, 5.41) is 1.27. The van der Waals surface area contributed by atoms with Gasteiger partial charge < -0.3 is 19.1 Å². The van der Waals surface area contributed by atoms with Crippen LogP contribution in [0.5, 0.6) is 17.2 Å². The minimum atomic E-state index is -0.172. The van der Waals surface area contributed by atoms with E-state index in [0.29, 0.717) is 59.3 Å². The minimum absolute atomic E-state index is 0.172. The topological polar surface area (TPSA) is 64.1 Å².